The Hall–Kier alpha value is -2.07. The molecule has 1 heterocycles. The molecule has 0 saturated heterocycles. The second kappa shape index (κ2) is 6.59. The summed E-state index contributed by atoms with van der Waals surface area (Å²) in [4.78, 5) is 18.4. The molecule has 1 N–H and O–H groups in total. The molecular weight excluding hydrogens is 310 g/mol. The van der Waals surface area contributed by atoms with Crippen LogP contribution in [0.4, 0.5) is 4.79 Å². The second-order valence-electron chi connectivity index (χ2n) is 5.99. The molecular formula is C18H20ClN3O. The number of amides is 2. The molecule has 1 aromatic carbocycles. The number of aromatic nitrogens is 1. The van der Waals surface area contributed by atoms with Crippen molar-refractivity contribution in [3.05, 3.63) is 64.9 Å². The predicted molar refractivity (Wildman–Crippen MR) is 91.5 cm³/mol. The summed E-state index contributed by atoms with van der Waals surface area (Å²) < 4.78 is 0. The van der Waals surface area contributed by atoms with E-state index in [4.69, 9.17) is 11.6 Å². The lowest BCUT2D eigenvalue weighted by molar-refractivity contribution is 0.193. The zero-order chi connectivity index (χ0) is 16.4. The Kier molecular flexibility index (Phi) is 4.53. The van der Waals surface area contributed by atoms with Crippen molar-refractivity contribution >= 4 is 17.6 Å². The number of urea groups is 1. The average Bonchev–Trinajstić information content (AvgIpc) is 3.33. The Labute approximate surface area is 141 Å². The first-order valence-electron chi connectivity index (χ1n) is 7.76. The third kappa shape index (κ3) is 3.64. The van der Waals surface area contributed by atoms with Crippen LogP contribution in [0.5, 0.6) is 0 Å². The number of rotatable bonds is 4. The lowest BCUT2D eigenvalue weighted by Crippen LogP contribution is -2.40. The van der Waals surface area contributed by atoms with Crippen LogP contribution < -0.4 is 5.32 Å². The van der Waals surface area contributed by atoms with Gasteiger partial charge in [0, 0.05) is 30.2 Å². The summed E-state index contributed by atoms with van der Waals surface area (Å²) in [5, 5.41) is 3.82. The molecule has 1 aromatic heterocycles. The molecule has 0 radical (unpaired) electrons. The Morgan fingerprint density at radius 1 is 1.35 bits per heavy atom. The molecule has 2 aromatic rings. The molecule has 3 rings (SSSR count). The summed E-state index contributed by atoms with van der Waals surface area (Å²) in [6.07, 6.45) is 2.70. The molecule has 23 heavy (non-hydrogen) atoms. The smallest absolute Gasteiger partial charge is 0.317 e. The zero-order valence-corrected chi connectivity index (χ0v) is 14.0. The standard InChI is InChI=1S/C18H20ClN3O/c1-12(16-8-3-4-9-20-16)22(2)18(23)21-17-11-15(17)13-6-5-7-14(19)10-13/h3-10,12,15,17H,11H2,1-2H3,(H,21,23)/t12-,15+,17-/m1/s1. The van der Waals surface area contributed by atoms with Crippen molar-refractivity contribution in [3.63, 3.8) is 0 Å². The van der Waals surface area contributed by atoms with E-state index in [9.17, 15) is 4.79 Å². The highest BCUT2D eigenvalue weighted by Gasteiger charge is 2.40. The van der Waals surface area contributed by atoms with Gasteiger partial charge in [0.15, 0.2) is 0 Å². The van der Waals surface area contributed by atoms with Crippen molar-refractivity contribution in [2.45, 2.75) is 31.3 Å². The van der Waals surface area contributed by atoms with Crippen LogP contribution in [-0.2, 0) is 0 Å². The van der Waals surface area contributed by atoms with Crippen LogP contribution in [-0.4, -0.2) is 29.0 Å². The number of pyridine rings is 1. The van der Waals surface area contributed by atoms with E-state index in [2.05, 4.69) is 16.4 Å². The van der Waals surface area contributed by atoms with Gasteiger partial charge in [-0.15, -0.1) is 0 Å². The maximum Gasteiger partial charge on any atom is 0.317 e. The van der Waals surface area contributed by atoms with E-state index in [1.54, 1.807) is 18.1 Å². The van der Waals surface area contributed by atoms with Crippen LogP contribution in [0.3, 0.4) is 0 Å². The number of carbonyl (C=O) groups excluding carboxylic acids is 1. The van der Waals surface area contributed by atoms with E-state index in [0.29, 0.717) is 5.92 Å². The minimum Gasteiger partial charge on any atom is -0.335 e. The summed E-state index contributed by atoms with van der Waals surface area (Å²) in [5.74, 6) is 0.358. The number of nitrogens with zero attached hydrogens (tertiary/aromatic N) is 2. The Morgan fingerprint density at radius 3 is 2.87 bits per heavy atom. The molecule has 0 bridgehead atoms. The summed E-state index contributed by atoms with van der Waals surface area (Å²) >= 11 is 6.03. The summed E-state index contributed by atoms with van der Waals surface area (Å²) in [6.45, 7) is 1.98. The molecule has 0 spiro atoms. The molecule has 1 aliphatic rings. The minimum atomic E-state index is -0.0716. The normalized spacial score (nSPS) is 20.7. The average molecular weight is 330 g/mol. The van der Waals surface area contributed by atoms with Crippen molar-refractivity contribution < 1.29 is 4.79 Å². The largest absolute Gasteiger partial charge is 0.335 e. The quantitative estimate of drug-likeness (QED) is 0.921. The number of carbonyl (C=O) groups is 1. The van der Waals surface area contributed by atoms with Crippen molar-refractivity contribution in [3.8, 4) is 0 Å². The first-order valence-corrected chi connectivity index (χ1v) is 8.14. The van der Waals surface area contributed by atoms with Crippen LogP contribution >= 0.6 is 11.6 Å². The van der Waals surface area contributed by atoms with Gasteiger partial charge in [0.05, 0.1) is 11.7 Å². The molecule has 5 heteroatoms. The van der Waals surface area contributed by atoms with Gasteiger partial charge in [-0.3, -0.25) is 4.98 Å². The van der Waals surface area contributed by atoms with Crippen molar-refractivity contribution in [1.29, 1.82) is 0 Å². The summed E-state index contributed by atoms with van der Waals surface area (Å²) in [5.41, 5.74) is 2.07. The Bertz CT molecular complexity index is 692. The molecule has 120 valence electrons. The second-order valence-corrected chi connectivity index (χ2v) is 6.43. The highest BCUT2D eigenvalue weighted by molar-refractivity contribution is 6.30. The first kappa shape index (κ1) is 15.8. The molecule has 4 nitrogen and oxygen atoms in total. The Morgan fingerprint density at radius 2 is 2.17 bits per heavy atom. The molecule has 1 saturated carbocycles. The highest BCUT2D eigenvalue weighted by atomic mass is 35.5. The van der Waals surface area contributed by atoms with Crippen LogP contribution in [0.15, 0.2) is 48.7 Å². The van der Waals surface area contributed by atoms with E-state index >= 15 is 0 Å². The molecule has 3 atom stereocenters. The van der Waals surface area contributed by atoms with E-state index in [1.165, 1.54) is 5.56 Å². The van der Waals surface area contributed by atoms with Gasteiger partial charge in [0.1, 0.15) is 0 Å². The fraction of sp³-hybridized carbons (Fsp3) is 0.333. The van der Waals surface area contributed by atoms with Gasteiger partial charge in [0.2, 0.25) is 0 Å². The minimum absolute atomic E-state index is 0.0698. The zero-order valence-electron chi connectivity index (χ0n) is 13.2. The summed E-state index contributed by atoms with van der Waals surface area (Å²) in [7, 11) is 1.80. The lowest BCUT2D eigenvalue weighted by atomic mass is 10.1. The van der Waals surface area contributed by atoms with Crippen molar-refractivity contribution in [1.82, 2.24) is 15.2 Å². The highest BCUT2D eigenvalue weighted by Crippen LogP contribution is 2.41. The maximum absolute atomic E-state index is 12.4. The number of hydrogen-bond acceptors (Lipinski definition) is 2. The third-order valence-electron chi connectivity index (χ3n) is 4.39. The van der Waals surface area contributed by atoms with Crippen LogP contribution in [0.2, 0.25) is 5.02 Å². The lowest BCUT2D eigenvalue weighted by Gasteiger charge is -2.25. The Balaban J connectivity index is 1.58. The van der Waals surface area contributed by atoms with E-state index in [-0.39, 0.29) is 18.1 Å². The van der Waals surface area contributed by atoms with E-state index < -0.39 is 0 Å². The molecule has 0 aliphatic heterocycles. The van der Waals surface area contributed by atoms with Crippen LogP contribution in [0.1, 0.15) is 36.6 Å². The number of nitrogens with one attached hydrogen (secondary N) is 1. The molecule has 0 unspecified atom stereocenters. The van der Waals surface area contributed by atoms with Gasteiger partial charge in [-0.25, -0.2) is 4.79 Å². The SMILES string of the molecule is C[C@H](c1ccccn1)N(C)C(=O)N[C@@H]1C[C@H]1c1cccc(Cl)c1. The predicted octanol–water partition coefficient (Wildman–Crippen LogP) is 3.99. The number of halogens is 1. The van der Waals surface area contributed by atoms with Gasteiger partial charge in [-0.2, -0.15) is 0 Å². The fourth-order valence-electron chi connectivity index (χ4n) is 2.72. The van der Waals surface area contributed by atoms with E-state index in [0.717, 1.165) is 17.1 Å². The maximum atomic E-state index is 12.4. The van der Waals surface area contributed by atoms with Gasteiger partial charge in [-0.05, 0) is 43.2 Å². The molecule has 1 fully saturated rings. The van der Waals surface area contributed by atoms with E-state index in [1.807, 2.05) is 43.3 Å². The number of hydrogen-bond donors (Lipinski definition) is 1. The molecule has 1 aliphatic carbocycles. The first-order chi connectivity index (χ1) is 11.1. The molecule has 2 amide bonds. The fourth-order valence-corrected chi connectivity index (χ4v) is 2.92. The van der Waals surface area contributed by atoms with Gasteiger partial charge in [-0.1, -0.05) is 29.8 Å². The number of benzene rings is 1. The van der Waals surface area contributed by atoms with Crippen molar-refractivity contribution in [2.75, 3.05) is 7.05 Å². The van der Waals surface area contributed by atoms with Gasteiger partial charge in [0.25, 0.3) is 0 Å². The topological polar surface area (TPSA) is 45.2 Å². The van der Waals surface area contributed by atoms with Crippen LogP contribution in [0, 0.1) is 0 Å². The monoisotopic (exact) mass is 329 g/mol. The summed E-state index contributed by atoms with van der Waals surface area (Å²) in [6, 6.07) is 13.6. The van der Waals surface area contributed by atoms with Crippen molar-refractivity contribution in [2.24, 2.45) is 0 Å². The third-order valence-corrected chi connectivity index (χ3v) is 4.63. The van der Waals surface area contributed by atoms with Gasteiger partial charge < -0.3 is 10.2 Å². The van der Waals surface area contributed by atoms with Gasteiger partial charge >= 0.3 is 6.03 Å². The van der Waals surface area contributed by atoms with Crippen LogP contribution in [0.25, 0.3) is 0 Å².